The van der Waals surface area contributed by atoms with E-state index in [9.17, 15) is 9.59 Å². The van der Waals surface area contributed by atoms with Crippen LogP contribution in [0.3, 0.4) is 0 Å². The van der Waals surface area contributed by atoms with Gasteiger partial charge in [0.1, 0.15) is 11.5 Å². The largest absolute Gasteiger partial charge is 0.497 e. The molecule has 0 bridgehead atoms. The molecule has 0 aliphatic heterocycles. The third kappa shape index (κ3) is 7.24. The van der Waals surface area contributed by atoms with Crippen molar-refractivity contribution in [3.05, 3.63) is 24.3 Å². The summed E-state index contributed by atoms with van der Waals surface area (Å²) >= 11 is 0. The van der Waals surface area contributed by atoms with Crippen LogP contribution in [0, 0.1) is 5.92 Å². The van der Waals surface area contributed by atoms with E-state index in [1.807, 2.05) is 6.92 Å². The fraction of sp³-hybridized carbons (Fsp3) is 0.500. The molecule has 0 aliphatic carbocycles. The number of methoxy groups -OCH3 is 1. The van der Waals surface area contributed by atoms with E-state index >= 15 is 0 Å². The average Bonchev–Trinajstić information content (AvgIpc) is 2.60. The van der Waals surface area contributed by atoms with Crippen LogP contribution < -0.4 is 10.2 Å². The number of benzene rings is 1. The lowest BCUT2D eigenvalue weighted by molar-refractivity contribution is -0.137. The van der Waals surface area contributed by atoms with Crippen LogP contribution >= 0.6 is 0 Å². The first kappa shape index (κ1) is 20.5. The summed E-state index contributed by atoms with van der Waals surface area (Å²) in [6, 6.07) is 7.02. The second-order valence-electron chi connectivity index (χ2n) is 5.49. The number of carboxylic acids is 1. The quantitative estimate of drug-likeness (QED) is 0.361. The highest BCUT2D eigenvalue weighted by Crippen LogP contribution is 2.19. The normalized spacial score (nSPS) is 12.4. The van der Waals surface area contributed by atoms with Gasteiger partial charge in [0.25, 0.3) is 0 Å². The number of hydrazone groups is 1. The molecule has 0 aliphatic rings. The minimum Gasteiger partial charge on any atom is -0.497 e. The second kappa shape index (κ2) is 11.1. The Kier molecular flexibility index (Phi) is 9.06. The lowest BCUT2D eigenvalue weighted by Gasteiger charge is -2.16. The Morgan fingerprint density at radius 1 is 1.24 bits per heavy atom. The fourth-order valence-electron chi connectivity index (χ4n) is 2.30. The van der Waals surface area contributed by atoms with E-state index in [1.165, 1.54) is 0 Å². The summed E-state index contributed by atoms with van der Waals surface area (Å²) in [5, 5.41) is 13.3. The lowest BCUT2D eigenvalue weighted by Crippen LogP contribution is -2.29. The highest BCUT2D eigenvalue weighted by atomic mass is 16.5. The summed E-state index contributed by atoms with van der Waals surface area (Å²) in [7, 11) is 1.57. The van der Waals surface area contributed by atoms with Crippen LogP contribution in [0.15, 0.2) is 29.4 Å². The van der Waals surface area contributed by atoms with Crippen molar-refractivity contribution in [3.8, 4) is 5.75 Å². The van der Waals surface area contributed by atoms with Crippen molar-refractivity contribution in [1.82, 2.24) is 0 Å². The van der Waals surface area contributed by atoms with Gasteiger partial charge in [-0.1, -0.05) is 19.8 Å². The van der Waals surface area contributed by atoms with Crippen molar-refractivity contribution in [2.45, 2.75) is 39.5 Å². The molecule has 1 atom stereocenters. The Labute approximate surface area is 148 Å². The maximum absolute atomic E-state index is 12.2. The summed E-state index contributed by atoms with van der Waals surface area (Å²) in [4.78, 5) is 23.4. The molecule has 2 N–H and O–H groups in total. The van der Waals surface area contributed by atoms with Gasteiger partial charge >= 0.3 is 11.9 Å². The Morgan fingerprint density at radius 3 is 2.44 bits per heavy atom. The fourth-order valence-corrected chi connectivity index (χ4v) is 2.30. The maximum Gasteiger partial charge on any atom is 0.354 e. The molecule has 0 spiro atoms. The van der Waals surface area contributed by atoms with Gasteiger partial charge in [0.15, 0.2) is 0 Å². The second-order valence-corrected chi connectivity index (χ2v) is 5.49. The Bertz CT molecular complexity index is 584. The Morgan fingerprint density at radius 2 is 1.92 bits per heavy atom. The number of rotatable bonds is 11. The molecular weight excluding hydrogens is 324 g/mol. The van der Waals surface area contributed by atoms with Crippen molar-refractivity contribution < 1.29 is 24.2 Å². The molecule has 7 nitrogen and oxygen atoms in total. The predicted molar refractivity (Wildman–Crippen MR) is 96.0 cm³/mol. The molecule has 0 saturated carbocycles. The summed E-state index contributed by atoms with van der Waals surface area (Å²) in [6.07, 6.45) is 2.10. The van der Waals surface area contributed by atoms with Gasteiger partial charge in [-0.05, 0) is 37.6 Å². The molecule has 7 heteroatoms. The summed E-state index contributed by atoms with van der Waals surface area (Å²) < 4.78 is 10.1. The van der Waals surface area contributed by atoms with Crippen molar-refractivity contribution in [3.63, 3.8) is 0 Å². The minimum atomic E-state index is -0.970. The number of hydrogen-bond donors (Lipinski definition) is 2. The van der Waals surface area contributed by atoms with Crippen molar-refractivity contribution in [2.24, 2.45) is 11.0 Å². The monoisotopic (exact) mass is 350 g/mol. The van der Waals surface area contributed by atoms with Crippen molar-refractivity contribution in [2.75, 3.05) is 19.1 Å². The van der Waals surface area contributed by atoms with Crippen LogP contribution in [0.5, 0.6) is 5.75 Å². The molecule has 1 aromatic carbocycles. The highest BCUT2D eigenvalue weighted by Gasteiger charge is 2.26. The van der Waals surface area contributed by atoms with Gasteiger partial charge < -0.3 is 14.6 Å². The summed E-state index contributed by atoms with van der Waals surface area (Å²) in [6.45, 7) is 3.91. The zero-order valence-electron chi connectivity index (χ0n) is 14.9. The van der Waals surface area contributed by atoms with Crippen molar-refractivity contribution in [1.29, 1.82) is 0 Å². The molecule has 0 radical (unpaired) electrons. The molecule has 0 saturated heterocycles. The molecule has 1 rings (SSSR count). The number of carbonyl (C=O) groups is 2. The molecule has 138 valence electrons. The molecule has 0 amide bonds. The molecule has 0 fully saturated rings. The summed E-state index contributed by atoms with van der Waals surface area (Å²) in [5.41, 5.74) is 3.57. The van der Waals surface area contributed by atoms with Gasteiger partial charge in [-0.2, -0.15) is 5.10 Å². The highest BCUT2D eigenvalue weighted by molar-refractivity contribution is 6.37. The van der Waals surface area contributed by atoms with E-state index in [2.05, 4.69) is 10.5 Å². The van der Waals surface area contributed by atoms with Crippen LogP contribution in [0.25, 0.3) is 0 Å². The first-order valence-electron chi connectivity index (χ1n) is 8.38. The van der Waals surface area contributed by atoms with E-state index in [-0.39, 0.29) is 18.7 Å². The SMILES string of the molecule is CCCC[C@@H](CC(=O)O)/C(=N/Nc1ccc(OC)cc1)C(=O)OCC. The number of anilines is 1. The number of aliphatic carboxylic acids is 1. The lowest BCUT2D eigenvalue weighted by atomic mass is 9.93. The van der Waals surface area contributed by atoms with Gasteiger partial charge in [0, 0.05) is 5.92 Å². The Hall–Kier alpha value is -2.57. The third-order valence-corrected chi connectivity index (χ3v) is 3.59. The number of nitrogens with zero attached hydrogens (tertiary/aromatic N) is 1. The van der Waals surface area contributed by atoms with Crippen LogP contribution in [0.1, 0.15) is 39.5 Å². The Balaban J connectivity index is 3.01. The van der Waals surface area contributed by atoms with Gasteiger partial charge in [-0.25, -0.2) is 4.79 Å². The average molecular weight is 350 g/mol. The van der Waals surface area contributed by atoms with Crippen LogP contribution in [0.4, 0.5) is 5.69 Å². The van der Waals surface area contributed by atoms with E-state index in [4.69, 9.17) is 14.6 Å². The number of unbranched alkanes of at least 4 members (excludes halogenated alkanes) is 1. The molecular formula is C18H26N2O5. The first-order valence-corrected chi connectivity index (χ1v) is 8.38. The molecule has 0 aromatic heterocycles. The molecule has 1 aromatic rings. The third-order valence-electron chi connectivity index (χ3n) is 3.59. The number of esters is 1. The van der Waals surface area contributed by atoms with Crippen molar-refractivity contribution >= 4 is 23.3 Å². The van der Waals surface area contributed by atoms with E-state index in [1.54, 1.807) is 38.3 Å². The maximum atomic E-state index is 12.2. The van der Waals surface area contributed by atoms with E-state index < -0.39 is 17.9 Å². The predicted octanol–water partition coefficient (Wildman–Crippen LogP) is 3.31. The standard InChI is InChI=1S/C18H26N2O5/c1-4-6-7-13(12-16(21)22)17(18(23)25-5-2)20-19-14-8-10-15(24-3)11-9-14/h8-11,13,19H,4-7,12H2,1-3H3,(H,21,22)/b20-17-/t13-/m0/s1. The summed E-state index contributed by atoms with van der Waals surface area (Å²) in [5.74, 6) is -1.36. The number of nitrogens with one attached hydrogen (secondary N) is 1. The number of carboxylic acid groups (broad SMARTS) is 1. The van der Waals surface area contributed by atoms with Gasteiger partial charge in [0.05, 0.1) is 25.8 Å². The number of hydrogen-bond acceptors (Lipinski definition) is 6. The van der Waals surface area contributed by atoms with Gasteiger partial charge in [-0.15, -0.1) is 0 Å². The number of ether oxygens (including phenoxy) is 2. The molecule has 0 heterocycles. The zero-order valence-corrected chi connectivity index (χ0v) is 14.9. The first-order chi connectivity index (χ1) is 12.0. The zero-order chi connectivity index (χ0) is 18.7. The van der Waals surface area contributed by atoms with Gasteiger partial charge in [0.2, 0.25) is 0 Å². The van der Waals surface area contributed by atoms with Gasteiger partial charge in [-0.3, -0.25) is 10.2 Å². The number of carbonyl (C=O) groups excluding carboxylic acids is 1. The van der Waals surface area contributed by atoms with E-state index in [0.717, 1.165) is 12.8 Å². The van der Waals surface area contributed by atoms with Crippen LogP contribution in [0.2, 0.25) is 0 Å². The van der Waals surface area contributed by atoms with Crippen LogP contribution in [-0.4, -0.2) is 36.5 Å². The van der Waals surface area contributed by atoms with Crippen LogP contribution in [-0.2, 0) is 14.3 Å². The topological polar surface area (TPSA) is 97.2 Å². The smallest absolute Gasteiger partial charge is 0.354 e. The van der Waals surface area contributed by atoms with E-state index in [0.29, 0.717) is 17.9 Å². The molecule has 0 unspecified atom stereocenters. The minimum absolute atomic E-state index is 0.105. The molecule has 25 heavy (non-hydrogen) atoms.